The fourth-order valence-corrected chi connectivity index (χ4v) is 3.86. The number of carbonyl (C=O) groups excluding carboxylic acids is 1. The van der Waals surface area contributed by atoms with Crippen LogP contribution in [-0.4, -0.2) is 43.3 Å². The van der Waals surface area contributed by atoms with Crippen LogP contribution >= 0.6 is 0 Å². The predicted molar refractivity (Wildman–Crippen MR) is 148 cm³/mol. The zero-order valence-electron chi connectivity index (χ0n) is 25.2. The molecule has 3 N–H and O–H groups in total. The first-order valence-corrected chi connectivity index (χ1v) is 13.5. The summed E-state index contributed by atoms with van der Waals surface area (Å²) in [5.41, 5.74) is -10.6. The third-order valence-corrected chi connectivity index (χ3v) is 5.81. The Hall–Kier alpha value is -4.05. The molecule has 3 rings (SSSR count). The van der Waals surface area contributed by atoms with Gasteiger partial charge in [0.1, 0.15) is 11.4 Å². The molecule has 0 aliphatic rings. The lowest BCUT2D eigenvalue weighted by atomic mass is 9.91. The van der Waals surface area contributed by atoms with Gasteiger partial charge in [-0.15, -0.1) is 16.8 Å². The number of halogens is 7. The van der Waals surface area contributed by atoms with Crippen LogP contribution < -0.4 is 5.32 Å². The lowest BCUT2D eigenvalue weighted by molar-refractivity contribution is -0.256. The zero-order chi connectivity index (χ0) is 34.5. The lowest BCUT2D eigenvalue weighted by Crippen LogP contribution is -2.44. The number of allylic oxidation sites excluding steroid dienone is 1. The molecule has 45 heavy (non-hydrogen) atoms. The molecule has 2 atom stereocenters. The summed E-state index contributed by atoms with van der Waals surface area (Å²) >= 11 is 0. The van der Waals surface area contributed by atoms with Gasteiger partial charge in [-0.05, 0) is 58.7 Å². The Kier molecular flexibility index (Phi) is 11.5. The van der Waals surface area contributed by atoms with E-state index in [-0.39, 0.29) is 18.4 Å². The van der Waals surface area contributed by atoms with E-state index >= 15 is 0 Å². The van der Waals surface area contributed by atoms with E-state index in [9.17, 15) is 45.7 Å². The maximum absolute atomic E-state index is 14.6. The monoisotopic (exact) mass is 650 g/mol. The van der Waals surface area contributed by atoms with Crippen molar-refractivity contribution in [1.29, 1.82) is 0 Å². The highest BCUT2D eigenvalue weighted by molar-refractivity contribution is 5.89. The van der Waals surface area contributed by atoms with Crippen LogP contribution in [0.1, 0.15) is 81.8 Å². The van der Waals surface area contributed by atoms with Gasteiger partial charge >= 0.3 is 18.4 Å². The summed E-state index contributed by atoms with van der Waals surface area (Å²) in [6, 6.07) is 2.88. The fourth-order valence-electron chi connectivity index (χ4n) is 3.86. The number of anilines is 1. The highest BCUT2D eigenvalue weighted by Crippen LogP contribution is 2.46. The molecule has 2 aromatic heterocycles. The van der Waals surface area contributed by atoms with Crippen LogP contribution in [0.4, 0.5) is 41.2 Å². The average molecular weight is 651 g/mol. The number of nitrogens with zero attached hydrogens (tertiary/aromatic N) is 3. The van der Waals surface area contributed by atoms with Crippen LogP contribution in [0, 0.1) is 12.7 Å². The molecule has 2 unspecified atom stereocenters. The predicted octanol–water partition coefficient (Wildman–Crippen LogP) is 7.77. The number of aromatic nitrogens is 3. The van der Waals surface area contributed by atoms with Gasteiger partial charge in [-0.1, -0.05) is 31.6 Å². The molecule has 0 saturated heterocycles. The maximum Gasteiger partial charge on any atom is 0.430 e. The number of hydrogen-bond acceptors (Lipinski definition) is 8. The molecule has 1 aromatic carbocycles. The van der Waals surface area contributed by atoms with Gasteiger partial charge in [-0.2, -0.15) is 26.3 Å². The maximum atomic E-state index is 14.6. The molecule has 0 aliphatic carbocycles. The Morgan fingerprint density at radius 1 is 1.09 bits per heavy atom. The van der Waals surface area contributed by atoms with E-state index in [0.717, 1.165) is 6.07 Å². The number of aliphatic hydroxyl groups excluding tert-OH is 1. The van der Waals surface area contributed by atoms with Crippen LogP contribution in [-0.2, 0) is 16.5 Å². The number of benzene rings is 1. The number of amides is 1. The Balaban J connectivity index is 0.00000345. The molecular weight excluding hydrogens is 617 g/mol. The van der Waals surface area contributed by atoms with Crippen molar-refractivity contribution in [3.05, 3.63) is 71.0 Å². The first-order chi connectivity index (χ1) is 20.7. The molecule has 0 saturated carbocycles. The number of ether oxygens (including phenoxy) is 1. The van der Waals surface area contributed by atoms with E-state index in [2.05, 4.69) is 21.8 Å². The van der Waals surface area contributed by atoms with Crippen molar-refractivity contribution in [1.82, 2.24) is 15.2 Å². The number of rotatable bonds is 8. The van der Waals surface area contributed by atoms with Crippen LogP contribution in [0.5, 0.6) is 0 Å². The second-order valence-electron chi connectivity index (χ2n) is 10.4. The highest BCUT2D eigenvalue weighted by Gasteiger charge is 2.61. The largest absolute Gasteiger partial charge is 0.444 e. The molecule has 0 spiro atoms. The zero-order valence-corrected chi connectivity index (χ0v) is 25.2. The minimum absolute atomic E-state index is 0.0543. The number of nitrogens with one attached hydrogen (secondary N) is 1. The first-order valence-electron chi connectivity index (χ1n) is 13.5. The second-order valence-corrected chi connectivity index (χ2v) is 10.4. The quantitative estimate of drug-likeness (QED) is 0.167. The van der Waals surface area contributed by atoms with E-state index in [1.807, 2.05) is 19.2 Å². The van der Waals surface area contributed by atoms with Crippen LogP contribution in [0.15, 0.2) is 41.3 Å². The number of alkyl halides is 6. The van der Waals surface area contributed by atoms with Gasteiger partial charge in [0.15, 0.2) is 5.69 Å². The third-order valence-electron chi connectivity index (χ3n) is 5.81. The Morgan fingerprint density at radius 2 is 1.71 bits per heavy atom. The van der Waals surface area contributed by atoms with E-state index in [1.54, 1.807) is 0 Å². The summed E-state index contributed by atoms with van der Waals surface area (Å²) in [7, 11) is 0. The van der Waals surface area contributed by atoms with Crippen molar-refractivity contribution in [3.63, 3.8) is 0 Å². The summed E-state index contributed by atoms with van der Waals surface area (Å²) < 4.78 is 110. The molecule has 0 radical (unpaired) electrons. The molecule has 0 aliphatic heterocycles. The summed E-state index contributed by atoms with van der Waals surface area (Å²) in [5, 5.41) is 30.0. The van der Waals surface area contributed by atoms with Gasteiger partial charge in [-0.25, -0.2) is 14.2 Å². The SMILES string of the molecule is C=CCCC(O)c1nc(-c2nnc(C(O)(c3cc(C)ccc3F)C(F)(F)F)o2)c(NC(=O)OC(C)(C)C)cc1C(F)(F)F.CC. The summed E-state index contributed by atoms with van der Waals surface area (Å²) in [5.74, 6) is -4.08. The summed E-state index contributed by atoms with van der Waals surface area (Å²) in [6.45, 7) is 13.1. The van der Waals surface area contributed by atoms with Crippen molar-refractivity contribution in [3.8, 4) is 11.6 Å². The van der Waals surface area contributed by atoms with Crippen molar-refractivity contribution in [2.75, 3.05) is 5.32 Å². The normalized spacial score (nSPS) is 14.1. The van der Waals surface area contributed by atoms with Crippen LogP contribution in [0.2, 0.25) is 0 Å². The molecule has 0 bridgehead atoms. The van der Waals surface area contributed by atoms with E-state index in [4.69, 9.17) is 9.15 Å². The molecule has 9 nitrogen and oxygen atoms in total. The number of carbonyl (C=O) groups is 1. The Bertz CT molecular complexity index is 1500. The van der Waals surface area contributed by atoms with Crippen molar-refractivity contribution in [2.24, 2.45) is 0 Å². The lowest BCUT2D eigenvalue weighted by Gasteiger charge is -2.28. The van der Waals surface area contributed by atoms with Crippen LogP contribution in [0.25, 0.3) is 11.6 Å². The van der Waals surface area contributed by atoms with Crippen molar-refractivity contribution < 1.29 is 54.9 Å². The highest BCUT2D eigenvalue weighted by atomic mass is 19.4. The van der Waals surface area contributed by atoms with Crippen molar-refractivity contribution >= 4 is 11.8 Å². The minimum Gasteiger partial charge on any atom is -0.444 e. The first kappa shape index (κ1) is 37.1. The Labute approximate surface area is 254 Å². The van der Waals surface area contributed by atoms with E-state index in [0.29, 0.717) is 18.2 Å². The number of pyridine rings is 1. The average Bonchev–Trinajstić information content (AvgIpc) is 3.42. The fraction of sp³-hybridized carbons (Fsp3) is 0.448. The molecule has 248 valence electrons. The molecule has 3 aromatic rings. The minimum atomic E-state index is -5.64. The van der Waals surface area contributed by atoms with Gasteiger partial charge in [-0.3, -0.25) is 5.32 Å². The Morgan fingerprint density at radius 3 is 2.24 bits per heavy atom. The molecule has 1 amide bonds. The number of hydrogen-bond donors (Lipinski definition) is 3. The molecule has 16 heteroatoms. The van der Waals surface area contributed by atoms with E-state index < -0.39 is 81.6 Å². The molecular formula is C29H33F7N4O5. The standard InChI is InChI=1S/C27H27F7N4O5.C2H6/c1-6-7-8-18(39)19-15(26(29,30)31)12-17(35-23(40)43-24(3,4)5)20(36-19)21-37-38-22(42-21)25(41,27(32,33)34)14-11-13(2)9-10-16(14)28;1-2/h6,9-12,18,39,41H,1,7-8H2,2-5H3,(H,35,40);1-2H3. The van der Waals surface area contributed by atoms with Gasteiger partial charge in [0, 0.05) is 5.56 Å². The molecule has 0 fully saturated rings. The van der Waals surface area contributed by atoms with Crippen LogP contribution in [0.3, 0.4) is 0 Å². The number of aryl methyl sites for hydroxylation is 1. The summed E-state index contributed by atoms with van der Waals surface area (Å²) in [4.78, 5) is 16.2. The second kappa shape index (κ2) is 13.9. The van der Waals surface area contributed by atoms with Crippen molar-refractivity contribution in [2.45, 2.75) is 84.0 Å². The smallest absolute Gasteiger partial charge is 0.430 e. The summed E-state index contributed by atoms with van der Waals surface area (Å²) in [6.07, 6.45) is -12.8. The topological polar surface area (TPSA) is 131 Å². The van der Waals surface area contributed by atoms with E-state index in [1.165, 1.54) is 33.8 Å². The van der Waals surface area contributed by atoms with Gasteiger partial charge in [0.2, 0.25) is 0 Å². The van der Waals surface area contributed by atoms with Gasteiger partial charge in [0.05, 0.1) is 23.0 Å². The third kappa shape index (κ3) is 8.57. The number of aliphatic hydroxyl groups is 2. The molecule has 2 heterocycles. The van der Waals surface area contributed by atoms with Gasteiger partial charge in [0.25, 0.3) is 17.4 Å². The van der Waals surface area contributed by atoms with Gasteiger partial charge < -0.3 is 19.4 Å².